The fourth-order valence-corrected chi connectivity index (χ4v) is 3.30. The summed E-state index contributed by atoms with van der Waals surface area (Å²) in [7, 11) is 3.20. The van der Waals surface area contributed by atoms with E-state index < -0.39 is 0 Å². The lowest BCUT2D eigenvalue weighted by Crippen LogP contribution is -2.40. The Balaban J connectivity index is 1.69. The van der Waals surface area contributed by atoms with Gasteiger partial charge in [0.1, 0.15) is 0 Å². The van der Waals surface area contributed by atoms with Crippen molar-refractivity contribution in [2.45, 2.75) is 45.2 Å². The molecule has 25 heavy (non-hydrogen) atoms. The Labute approximate surface area is 150 Å². The van der Waals surface area contributed by atoms with Crippen LogP contribution in [-0.2, 0) is 6.54 Å². The van der Waals surface area contributed by atoms with Gasteiger partial charge < -0.3 is 25.0 Å². The molecule has 0 radical (unpaired) electrons. The molecule has 1 atom stereocenters. The third kappa shape index (κ3) is 5.81. The third-order valence-corrected chi connectivity index (χ3v) is 4.77. The average molecular weight is 349 g/mol. The topological polar surface area (TPSA) is 62.8 Å². The van der Waals surface area contributed by atoms with E-state index in [0.29, 0.717) is 30.6 Å². The summed E-state index contributed by atoms with van der Waals surface area (Å²) in [6.07, 6.45) is 4.89. The molecule has 1 fully saturated rings. The van der Waals surface area contributed by atoms with E-state index in [1.165, 1.54) is 25.8 Å². The molecule has 2 N–H and O–H groups in total. The third-order valence-electron chi connectivity index (χ3n) is 4.77. The van der Waals surface area contributed by atoms with Crippen molar-refractivity contribution in [3.63, 3.8) is 0 Å². The summed E-state index contributed by atoms with van der Waals surface area (Å²) < 4.78 is 10.6. The highest BCUT2D eigenvalue weighted by Gasteiger charge is 2.17. The van der Waals surface area contributed by atoms with E-state index in [1.807, 2.05) is 18.2 Å². The number of nitrogens with zero attached hydrogens (tertiary/aromatic N) is 1. The van der Waals surface area contributed by atoms with Gasteiger partial charge in [-0.05, 0) is 38.8 Å². The quantitative estimate of drug-likeness (QED) is 0.709. The van der Waals surface area contributed by atoms with Crippen LogP contribution in [0.5, 0.6) is 11.5 Å². The number of likely N-dealkylation sites (tertiary alicyclic amines) is 1. The minimum Gasteiger partial charge on any atom is -0.493 e. The van der Waals surface area contributed by atoms with Crippen LogP contribution in [-0.4, -0.2) is 50.8 Å². The number of rotatable bonds is 8. The molecule has 0 spiro atoms. The molecule has 1 heterocycles. The van der Waals surface area contributed by atoms with E-state index in [-0.39, 0.29) is 6.03 Å². The Hall–Kier alpha value is -1.95. The Kier molecular flexibility index (Phi) is 7.85. The molecule has 2 amide bonds. The summed E-state index contributed by atoms with van der Waals surface area (Å²) in [5.74, 6) is 1.32. The number of carbonyl (C=O) groups excluding carboxylic acids is 1. The molecular formula is C19H31N3O3. The number of urea groups is 1. The second-order valence-electron chi connectivity index (χ2n) is 6.50. The largest absolute Gasteiger partial charge is 0.493 e. The molecule has 1 saturated heterocycles. The number of nitrogens with one attached hydrogen (secondary N) is 2. The summed E-state index contributed by atoms with van der Waals surface area (Å²) in [4.78, 5) is 14.5. The molecule has 1 aromatic rings. The summed E-state index contributed by atoms with van der Waals surface area (Å²) in [5.41, 5.74) is 0.888. The molecule has 0 bridgehead atoms. The number of benzene rings is 1. The molecule has 1 unspecified atom stereocenters. The van der Waals surface area contributed by atoms with Crippen molar-refractivity contribution in [3.05, 3.63) is 23.8 Å². The first-order chi connectivity index (χ1) is 12.2. The van der Waals surface area contributed by atoms with Crippen LogP contribution >= 0.6 is 0 Å². The van der Waals surface area contributed by atoms with Crippen molar-refractivity contribution < 1.29 is 14.3 Å². The summed E-state index contributed by atoms with van der Waals surface area (Å²) in [5, 5.41) is 5.80. The van der Waals surface area contributed by atoms with Gasteiger partial charge in [0.25, 0.3) is 0 Å². The number of hydrogen-bond donors (Lipinski definition) is 2. The van der Waals surface area contributed by atoms with Gasteiger partial charge in [0.15, 0.2) is 11.5 Å². The lowest BCUT2D eigenvalue weighted by atomic mass is 10.0. The molecule has 0 saturated carbocycles. The monoisotopic (exact) mass is 349 g/mol. The highest BCUT2D eigenvalue weighted by molar-refractivity contribution is 5.73. The van der Waals surface area contributed by atoms with Gasteiger partial charge in [-0.3, -0.25) is 0 Å². The lowest BCUT2D eigenvalue weighted by molar-refractivity contribution is 0.159. The zero-order valence-electron chi connectivity index (χ0n) is 15.6. The van der Waals surface area contributed by atoms with E-state index in [9.17, 15) is 4.79 Å². The number of methoxy groups -OCH3 is 2. The highest BCUT2D eigenvalue weighted by atomic mass is 16.5. The molecule has 1 aliphatic rings. The summed E-state index contributed by atoms with van der Waals surface area (Å²) in [6.45, 7) is 5.61. The molecule has 1 aliphatic heterocycles. The van der Waals surface area contributed by atoms with Gasteiger partial charge in [-0.2, -0.15) is 0 Å². The fourth-order valence-electron chi connectivity index (χ4n) is 3.30. The van der Waals surface area contributed by atoms with Gasteiger partial charge in [-0.25, -0.2) is 4.79 Å². The zero-order valence-corrected chi connectivity index (χ0v) is 15.6. The first kappa shape index (κ1) is 19.4. The minimum absolute atomic E-state index is 0.156. The van der Waals surface area contributed by atoms with Gasteiger partial charge in [0.05, 0.1) is 14.2 Å². The lowest BCUT2D eigenvalue weighted by Gasteiger charge is -2.33. The molecule has 2 rings (SSSR count). The molecule has 0 aromatic heterocycles. The van der Waals surface area contributed by atoms with Crippen molar-refractivity contribution in [2.24, 2.45) is 0 Å². The first-order valence-corrected chi connectivity index (χ1v) is 9.11. The van der Waals surface area contributed by atoms with E-state index >= 15 is 0 Å². The number of amides is 2. The fraction of sp³-hybridized carbons (Fsp3) is 0.632. The molecule has 0 aliphatic carbocycles. The van der Waals surface area contributed by atoms with Crippen LogP contribution < -0.4 is 20.1 Å². The molecular weight excluding hydrogens is 318 g/mol. The number of carbonyl (C=O) groups is 1. The van der Waals surface area contributed by atoms with E-state index in [4.69, 9.17) is 9.47 Å². The zero-order chi connectivity index (χ0) is 18.1. The van der Waals surface area contributed by atoms with E-state index in [2.05, 4.69) is 22.5 Å². The SMILES string of the molecule is COc1cccc(CNC(=O)NCCCN2CCCCC2C)c1OC. The number of hydrogen-bond acceptors (Lipinski definition) is 4. The Morgan fingerprint density at radius 3 is 2.80 bits per heavy atom. The minimum atomic E-state index is -0.156. The predicted molar refractivity (Wildman–Crippen MR) is 99.3 cm³/mol. The molecule has 6 heteroatoms. The first-order valence-electron chi connectivity index (χ1n) is 9.11. The van der Waals surface area contributed by atoms with E-state index in [0.717, 1.165) is 18.5 Å². The predicted octanol–water partition coefficient (Wildman–Crippen LogP) is 2.77. The van der Waals surface area contributed by atoms with Crippen LogP contribution in [0.1, 0.15) is 38.2 Å². The van der Waals surface area contributed by atoms with Crippen molar-refractivity contribution in [2.75, 3.05) is 33.9 Å². The number of piperidine rings is 1. The maximum absolute atomic E-state index is 12.0. The van der Waals surface area contributed by atoms with Crippen molar-refractivity contribution >= 4 is 6.03 Å². The summed E-state index contributed by atoms with van der Waals surface area (Å²) >= 11 is 0. The average Bonchev–Trinajstić information content (AvgIpc) is 2.64. The van der Waals surface area contributed by atoms with Crippen LogP contribution in [0.4, 0.5) is 4.79 Å². The van der Waals surface area contributed by atoms with Gasteiger partial charge >= 0.3 is 6.03 Å². The maximum Gasteiger partial charge on any atom is 0.315 e. The van der Waals surface area contributed by atoms with Gasteiger partial charge in [-0.15, -0.1) is 0 Å². The highest BCUT2D eigenvalue weighted by Crippen LogP contribution is 2.30. The van der Waals surface area contributed by atoms with Crippen LogP contribution in [0, 0.1) is 0 Å². The maximum atomic E-state index is 12.0. The molecule has 1 aromatic carbocycles. The van der Waals surface area contributed by atoms with Crippen molar-refractivity contribution in [1.29, 1.82) is 0 Å². The number of para-hydroxylation sites is 1. The second-order valence-corrected chi connectivity index (χ2v) is 6.50. The van der Waals surface area contributed by atoms with Gasteiger partial charge in [0, 0.05) is 31.2 Å². The number of ether oxygens (including phenoxy) is 2. The van der Waals surface area contributed by atoms with E-state index in [1.54, 1.807) is 14.2 Å². The molecule has 140 valence electrons. The summed E-state index contributed by atoms with van der Waals surface area (Å²) in [6, 6.07) is 6.15. The smallest absolute Gasteiger partial charge is 0.315 e. The second kappa shape index (κ2) is 10.1. The molecule has 6 nitrogen and oxygen atoms in total. The van der Waals surface area contributed by atoms with Gasteiger partial charge in [0.2, 0.25) is 0 Å². The van der Waals surface area contributed by atoms with Crippen LogP contribution in [0.15, 0.2) is 18.2 Å². The van der Waals surface area contributed by atoms with Crippen LogP contribution in [0.25, 0.3) is 0 Å². The van der Waals surface area contributed by atoms with Crippen molar-refractivity contribution in [1.82, 2.24) is 15.5 Å². The Bertz CT molecular complexity index is 551. The Morgan fingerprint density at radius 2 is 2.08 bits per heavy atom. The normalized spacial score (nSPS) is 17.8. The van der Waals surface area contributed by atoms with Crippen LogP contribution in [0.2, 0.25) is 0 Å². The standard InChI is InChI=1S/C19H31N3O3/c1-15-8-4-5-12-22(15)13-7-11-20-19(23)21-14-16-9-6-10-17(24-2)18(16)25-3/h6,9-10,15H,4-5,7-8,11-14H2,1-3H3,(H2,20,21,23). The van der Waals surface area contributed by atoms with Gasteiger partial charge in [-0.1, -0.05) is 18.6 Å². The van der Waals surface area contributed by atoms with Crippen molar-refractivity contribution in [3.8, 4) is 11.5 Å². The van der Waals surface area contributed by atoms with Crippen LogP contribution in [0.3, 0.4) is 0 Å². The Morgan fingerprint density at radius 1 is 1.24 bits per heavy atom.